The highest BCUT2D eigenvalue weighted by Gasteiger charge is 2.20. The average Bonchev–Trinajstić information content (AvgIpc) is 2.93. The second-order valence-electron chi connectivity index (χ2n) is 6.23. The normalized spacial score (nSPS) is 20.8. The molecule has 0 N–H and O–H groups in total. The third-order valence-corrected chi connectivity index (χ3v) is 4.84. The van der Waals surface area contributed by atoms with Gasteiger partial charge in [-0.1, -0.05) is 17.7 Å². The molecule has 1 aromatic carbocycles. The second kappa shape index (κ2) is 7.44. The van der Waals surface area contributed by atoms with Gasteiger partial charge in [-0.15, -0.1) is 0 Å². The SMILES string of the molecule is O=C1CCN(CCCN2CCN(c3cccc(Cl)c3)CC2)C1. The maximum Gasteiger partial charge on any atom is 0.148 e. The lowest BCUT2D eigenvalue weighted by molar-refractivity contribution is -0.116. The molecule has 1 aromatic rings. The van der Waals surface area contributed by atoms with E-state index in [1.165, 1.54) is 5.69 Å². The van der Waals surface area contributed by atoms with Crippen LogP contribution in [-0.2, 0) is 4.79 Å². The van der Waals surface area contributed by atoms with Crippen molar-refractivity contribution in [3.8, 4) is 0 Å². The highest BCUT2D eigenvalue weighted by atomic mass is 35.5. The number of carbonyl (C=O) groups is 1. The predicted molar refractivity (Wildman–Crippen MR) is 90.8 cm³/mol. The van der Waals surface area contributed by atoms with Crippen LogP contribution >= 0.6 is 11.6 Å². The van der Waals surface area contributed by atoms with Gasteiger partial charge in [-0.3, -0.25) is 14.6 Å². The molecule has 2 heterocycles. The molecular weight excluding hydrogens is 298 g/mol. The van der Waals surface area contributed by atoms with Gasteiger partial charge in [-0.05, 0) is 37.7 Å². The van der Waals surface area contributed by atoms with Gasteiger partial charge < -0.3 is 4.90 Å². The highest BCUT2D eigenvalue weighted by molar-refractivity contribution is 6.30. The van der Waals surface area contributed by atoms with Crippen molar-refractivity contribution in [2.75, 3.05) is 57.3 Å². The number of Topliss-reactive ketones (excluding diaryl/α,β-unsaturated/α-hetero) is 1. The molecule has 2 saturated heterocycles. The smallest absolute Gasteiger partial charge is 0.148 e. The standard InChI is InChI=1S/C17H24ClN3O/c18-15-3-1-4-16(13-15)21-11-9-19(10-12-21)6-2-7-20-8-5-17(22)14-20/h1,3-4,13H,2,5-12,14H2. The van der Waals surface area contributed by atoms with Crippen LogP contribution in [-0.4, -0.2) is 67.9 Å². The number of piperazine rings is 1. The van der Waals surface area contributed by atoms with Crippen LogP contribution in [0.3, 0.4) is 0 Å². The van der Waals surface area contributed by atoms with E-state index in [0.717, 1.165) is 63.7 Å². The van der Waals surface area contributed by atoms with Crippen molar-refractivity contribution in [1.82, 2.24) is 9.80 Å². The molecule has 3 rings (SSSR count). The molecule has 4 nitrogen and oxygen atoms in total. The fourth-order valence-electron chi connectivity index (χ4n) is 3.30. The number of carbonyl (C=O) groups excluding carboxylic acids is 1. The summed E-state index contributed by atoms with van der Waals surface area (Å²) in [5, 5.41) is 0.806. The highest BCUT2D eigenvalue weighted by Crippen LogP contribution is 2.20. The molecule has 120 valence electrons. The van der Waals surface area contributed by atoms with Crippen LogP contribution in [0.5, 0.6) is 0 Å². The molecule has 0 atom stereocenters. The maximum atomic E-state index is 11.2. The van der Waals surface area contributed by atoms with Gasteiger partial charge in [0.1, 0.15) is 5.78 Å². The minimum Gasteiger partial charge on any atom is -0.369 e. The van der Waals surface area contributed by atoms with Gasteiger partial charge in [0.15, 0.2) is 0 Å². The van der Waals surface area contributed by atoms with Crippen LogP contribution in [0, 0.1) is 0 Å². The zero-order valence-corrected chi connectivity index (χ0v) is 13.8. The van der Waals surface area contributed by atoms with E-state index in [0.29, 0.717) is 12.3 Å². The minimum atomic E-state index is 0.398. The second-order valence-corrected chi connectivity index (χ2v) is 6.66. The number of benzene rings is 1. The van der Waals surface area contributed by atoms with Gasteiger partial charge in [0.2, 0.25) is 0 Å². The summed E-state index contributed by atoms with van der Waals surface area (Å²) in [6, 6.07) is 8.11. The van der Waals surface area contributed by atoms with Crippen molar-refractivity contribution < 1.29 is 4.79 Å². The Morgan fingerprint density at radius 1 is 1.00 bits per heavy atom. The molecule has 5 heteroatoms. The third-order valence-electron chi connectivity index (χ3n) is 4.60. The van der Waals surface area contributed by atoms with Gasteiger partial charge in [-0.2, -0.15) is 0 Å². The summed E-state index contributed by atoms with van der Waals surface area (Å²) >= 11 is 6.07. The summed E-state index contributed by atoms with van der Waals surface area (Å²) in [7, 11) is 0. The first-order valence-electron chi connectivity index (χ1n) is 8.18. The van der Waals surface area contributed by atoms with Crippen LogP contribution in [0.25, 0.3) is 0 Å². The number of hydrogen-bond acceptors (Lipinski definition) is 4. The van der Waals surface area contributed by atoms with Crippen LogP contribution in [0.4, 0.5) is 5.69 Å². The third kappa shape index (κ3) is 4.22. The van der Waals surface area contributed by atoms with E-state index in [9.17, 15) is 4.79 Å². The monoisotopic (exact) mass is 321 g/mol. The summed E-state index contributed by atoms with van der Waals surface area (Å²) in [6.45, 7) is 8.14. The molecule has 0 unspecified atom stereocenters. The van der Waals surface area contributed by atoms with Crippen molar-refractivity contribution in [3.05, 3.63) is 29.3 Å². The lowest BCUT2D eigenvalue weighted by Gasteiger charge is -2.36. The molecule has 0 aromatic heterocycles. The van der Waals surface area contributed by atoms with Gasteiger partial charge in [0.25, 0.3) is 0 Å². The first-order chi connectivity index (χ1) is 10.7. The number of anilines is 1. The van der Waals surface area contributed by atoms with Crippen molar-refractivity contribution in [2.45, 2.75) is 12.8 Å². The number of hydrogen-bond donors (Lipinski definition) is 0. The molecule has 2 aliphatic rings. The fourth-order valence-corrected chi connectivity index (χ4v) is 3.49. The number of nitrogens with zero attached hydrogens (tertiary/aromatic N) is 3. The van der Waals surface area contributed by atoms with Gasteiger partial charge in [-0.25, -0.2) is 0 Å². The first kappa shape index (κ1) is 15.8. The summed E-state index contributed by atoms with van der Waals surface area (Å²) in [6.07, 6.45) is 1.91. The Labute approximate surface area is 137 Å². The molecule has 22 heavy (non-hydrogen) atoms. The van der Waals surface area contributed by atoms with Gasteiger partial charge in [0, 0.05) is 49.9 Å². The Hall–Kier alpha value is -1.10. The molecular formula is C17H24ClN3O. The maximum absolute atomic E-state index is 11.2. The number of ketones is 1. The molecule has 0 saturated carbocycles. The lowest BCUT2D eigenvalue weighted by Crippen LogP contribution is -2.47. The molecule has 0 radical (unpaired) electrons. The average molecular weight is 322 g/mol. The Morgan fingerprint density at radius 3 is 2.45 bits per heavy atom. The van der Waals surface area contributed by atoms with E-state index in [1.807, 2.05) is 18.2 Å². The number of halogens is 1. The van der Waals surface area contributed by atoms with Crippen molar-refractivity contribution >= 4 is 23.1 Å². The summed E-state index contributed by atoms with van der Waals surface area (Å²) < 4.78 is 0. The molecule has 2 aliphatic heterocycles. The summed E-state index contributed by atoms with van der Waals surface area (Å²) in [5.41, 5.74) is 1.22. The Balaban J connectivity index is 1.37. The Bertz CT molecular complexity index is 514. The fraction of sp³-hybridized carbons (Fsp3) is 0.588. The number of rotatable bonds is 5. The van der Waals surface area contributed by atoms with Crippen molar-refractivity contribution in [1.29, 1.82) is 0 Å². The van der Waals surface area contributed by atoms with Gasteiger partial charge in [0.05, 0.1) is 6.54 Å². The van der Waals surface area contributed by atoms with E-state index in [4.69, 9.17) is 11.6 Å². The van der Waals surface area contributed by atoms with Crippen LogP contribution in [0.2, 0.25) is 5.02 Å². The van der Waals surface area contributed by atoms with E-state index >= 15 is 0 Å². The van der Waals surface area contributed by atoms with E-state index in [1.54, 1.807) is 0 Å². The van der Waals surface area contributed by atoms with Crippen LogP contribution in [0.15, 0.2) is 24.3 Å². The van der Waals surface area contributed by atoms with Crippen molar-refractivity contribution in [2.24, 2.45) is 0 Å². The summed E-state index contributed by atoms with van der Waals surface area (Å²) in [4.78, 5) is 18.5. The van der Waals surface area contributed by atoms with E-state index < -0.39 is 0 Å². The molecule has 0 bridgehead atoms. The zero-order valence-electron chi connectivity index (χ0n) is 13.0. The largest absolute Gasteiger partial charge is 0.369 e. The van der Waals surface area contributed by atoms with E-state index in [-0.39, 0.29) is 0 Å². The molecule has 0 spiro atoms. The topological polar surface area (TPSA) is 26.8 Å². The van der Waals surface area contributed by atoms with Crippen molar-refractivity contribution in [3.63, 3.8) is 0 Å². The number of likely N-dealkylation sites (tertiary alicyclic amines) is 1. The Morgan fingerprint density at radius 2 is 1.77 bits per heavy atom. The predicted octanol–water partition coefficient (Wildman–Crippen LogP) is 2.13. The van der Waals surface area contributed by atoms with E-state index in [2.05, 4.69) is 20.8 Å². The summed E-state index contributed by atoms with van der Waals surface area (Å²) in [5.74, 6) is 0.398. The molecule has 0 aliphatic carbocycles. The minimum absolute atomic E-state index is 0.398. The zero-order chi connectivity index (χ0) is 15.4. The van der Waals surface area contributed by atoms with Crippen LogP contribution < -0.4 is 4.90 Å². The molecule has 2 fully saturated rings. The molecule has 0 amide bonds. The quantitative estimate of drug-likeness (QED) is 0.830. The first-order valence-corrected chi connectivity index (χ1v) is 8.55. The Kier molecular flexibility index (Phi) is 5.34. The lowest BCUT2D eigenvalue weighted by atomic mass is 10.2. The van der Waals surface area contributed by atoms with Crippen LogP contribution in [0.1, 0.15) is 12.8 Å². The van der Waals surface area contributed by atoms with Gasteiger partial charge >= 0.3 is 0 Å².